The number of nitrogens with zero attached hydrogens (tertiary/aromatic N) is 1. The summed E-state index contributed by atoms with van der Waals surface area (Å²) in [4.78, 5) is 13.9. The van der Waals surface area contributed by atoms with E-state index in [2.05, 4.69) is 17.4 Å². The Balaban J connectivity index is 1.41. The predicted molar refractivity (Wildman–Crippen MR) is 94.2 cm³/mol. The Hall–Kier alpha value is -2.27. The molecule has 2 amide bonds. The smallest absolute Gasteiger partial charge is 0.317 e. The van der Waals surface area contributed by atoms with Crippen molar-refractivity contribution in [2.45, 2.75) is 12.8 Å². The molecule has 1 atom stereocenters. The average Bonchev–Trinajstić information content (AvgIpc) is 3.07. The monoisotopic (exact) mass is 328 g/mol. The van der Waals surface area contributed by atoms with Gasteiger partial charge in [-0.05, 0) is 41.7 Å². The summed E-state index contributed by atoms with van der Waals surface area (Å²) in [6.45, 7) is 2.62. The lowest BCUT2D eigenvalue weighted by atomic mass is 10.1. The minimum absolute atomic E-state index is 0.0439. The van der Waals surface area contributed by atoms with Gasteiger partial charge in [-0.2, -0.15) is 0 Å². The Morgan fingerprint density at radius 2 is 2.08 bits per heavy atom. The predicted octanol–water partition coefficient (Wildman–Crippen LogP) is 2.63. The first kappa shape index (κ1) is 16.6. The third kappa shape index (κ3) is 4.17. The van der Waals surface area contributed by atoms with Crippen molar-refractivity contribution in [2.24, 2.45) is 5.92 Å². The highest BCUT2D eigenvalue weighted by Crippen LogP contribution is 2.20. The third-order valence-electron chi connectivity index (χ3n) is 4.48. The van der Waals surface area contributed by atoms with Crippen LogP contribution in [0.25, 0.3) is 10.8 Å². The molecule has 5 heteroatoms. The lowest BCUT2D eigenvalue weighted by Crippen LogP contribution is -2.40. The van der Waals surface area contributed by atoms with E-state index in [-0.39, 0.29) is 12.6 Å². The lowest BCUT2D eigenvalue weighted by Gasteiger charge is -2.17. The van der Waals surface area contributed by atoms with E-state index < -0.39 is 0 Å². The van der Waals surface area contributed by atoms with Crippen molar-refractivity contribution in [3.05, 3.63) is 42.5 Å². The van der Waals surface area contributed by atoms with Gasteiger partial charge in [0, 0.05) is 19.7 Å². The molecule has 24 heavy (non-hydrogen) atoms. The molecule has 5 nitrogen and oxygen atoms in total. The van der Waals surface area contributed by atoms with Crippen molar-refractivity contribution >= 4 is 16.8 Å². The second-order valence-electron chi connectivity index (χ2n) is 6.20. The summed E-state index contributed by atoms with van der Waals surface area (Å²) in [5.41, 5.74) is 0. The molecule has 0 saturated carbocycles. The van der Waals surface area contributed by atoms with Crippen molar-refractivity contribution in [2.75, 3.05) is 32.8 Å². The quantitative estimate of drug-likeness (QED) is 0.801. The summed E-state index contributed by atoms with van der Waals surface area (Å²) in [6.07, 6.45) is 1.75. The highest BCUT2D eigenvalue weighted by atomic mass is 16.5. The second-order valence-corrected chi connectivity index (χ2v) is 6.20. The highest BCUT2D eigenvalue weighted by Gasteiger charge is 2.25. The van der Waals surface area contributed by atoms with Gasteiger partial charge in [-0.1, -0.05) is 30.3 Å². The van der Waals surface area contributed by atoms with Gasteiger partial charge in [-0.15, -0.1) is 0 Å². The number of ether oxygens (including phenoxy) is 1. The van der Waals surface area contributed by atoms with E-state index in [0.29, 0.717) is 19.1 Å². The Morgan fingerprint density at radius 3 is 2.92 bits per heavy atom. The Kier molecular flexibility index (Phi) is 5.54. The van der Waals surface area contributed by atoms with Crippen LogP contribution in [-0.4, -0.2) is 48.9 Å². The summed E-state index contributed by atoms with van der Waals surface area (Å²) < 4.78 is 5.72. The lowest BCUT2D eigenvalue weighted by molar-refractivity contribution is 0.201. The number of likely N-dealkylation sites (tertiary alicyclic amines) is 1. The molecule has 1 fully saturated rings. The van der Waals surface area contributed by atoms with Gasteiger partial charge in [0.05, 0.1) is 6.54 Å². The normalized spacial score (nSPS) is 17.2. The fourth-order valence-corrected chi connectivity index (χ4v) is 3.13. The maximum atomic E-state index is 12.1. The number of urea groups is 1. The molecule has 2 N–H and O–H groups in total. The molecule has 0 bridgehead atoms. The molecule has 0 spiro atoms. The van der Waals surface area contributed by atoms with Crippen LogP contribution < -0.4 is 10.1 Å². The largest absolute Gasteiger partial charge is 0.492 e. The minimum atomic E-state index is -0.0439. The van der Waals surface area contributed by atoms with E-state index >= 15 is 0 Å². The molecule has 2 aromatic rings. The van der Waals surface area contributed by atoms with Crippen molar-refractivity contribution in [1.29, 1.82) is 0 Å². The van der Waals surface area contributed by atoms with Crippen LogP contribution in [0.15, 0.2) is 42.5 Å². The molecular weight excluding hydrogens is 304 g/mol. The van der Waals surface area contributed by atoms with E-state index in [1.807, 2.05) is 35.2 Å². The zero-order valence-electron chi connectivity index (χ0n) is 13.8. The molecule has 0 radical (unpaired) electrons. The van der Waals surface area contributed by atoms with Crippen LogP contribution in [0.1, 0.15) is 12.8 Å². The topological polar surface area (TPSA) is 61.8 Å². The third-order valence-corrected chi connectivity index (χ3v) is 4.48. The Labute approximate surface area is 142 Å². The molecule has 1 aliphatic heterocycles. The van der Waals surface area contributed by atoms with Crippen LogP contribution in [0.2, 0.25) is 0 Å². The van der Waals surface area contributed by atoms with Crippen molar-refractivity contribution < 1.29 is 14.6 Å². The van der Waals surface area contributed by atoms with E-state index in [0.717, 1.165) is 37.1 Å². The summed E-state index contributed by atoms with van der Waals surface area (Å²) in [5.74, 6) is 1.24. The first-order valence-corrected chi connectivity index (χ1v) is 8.51. The molecule has 0 aromatic heterocycles. The molecule has 128 valence electrons. The summed E-state index contributed by atoms with van der Waals surface area (Å²) in [5, 5.41) is 14.2. The Bertz CT molecular complexity index is 689. The number of hydrogen-bond donors (Lipinski definition) is 2. The number of fused-ring (bicyclic) bond motifs is 1. The maximum Gasteiger partial charge on any atom is 0.317 e. The number of carbonyl (C=O) groups excluding carboxylic acids is 1. The van der Waals surface area contributed by atoms with Gasteiger partial charge >= 0.3 is 6.03 Å². The van der Waals surface area contributed by atoms with Crippen LogP contribution in [0.3, 0.4) is 0 Å². The van der Waals surface area contributed by atoms with Crippen LogP contribution >= 0.6 is 0 Å². The molecule has 2 aromatic carbocycles. The van der Waals surface area contributed by atoms with E-state index in [9.17, 15) is 4.79 Å². The number of nitrogens with one attached hydrogen (secondary N) is 1. The highest BCUT2D eigenvalue weighted by molar-refractivity contribution is 5.83. The molecule has 0 unspecified atom stereocenters. The van der Waals surface area contributed by atoms with Gasteiger partial charge in [0.25, 0.3) is 0 Å². The number of aliphatic hydroxyl groups is 1. The molecule has 3 rings (SSSR count). The van der Waals surface area contributed by atoms with Gasteiger partial charge in [-0.25, -0.2) is 4.79 Å². The number of benzene rings is 2. The van der Waals surface area contributed by atoms with Gasteiger partial charge in [0.2, 0.25) is 0 Å². The van der Waals surface area contributed by atoms with Crippen LogP contribution in [0, 0.1) is 5.92 Å². The molecule has 1 heterocycles. The SMILES string of the molecule is O=C(NCCOc1ccc2ccccc2c1)N1CC[C@H](CCO)C1. The number of hydrogen-bond acceptors (Lipinski definition) is 3. The van der Waals surface area contributed by atoms with Gasteiger partial charge in [-0.3, -0.25) is 0 Å². The van der Waals surface area contributed by atoms with Crippen LogP contribution in [0.5, 0.6) is 5.75 Å². The average molecular weight is 328 g/mol. The van der Waals surface area contributed by atoms with Crippen molar-refractivity contribution in [1.82, 2.24) is 10.2 Å². The van der Waals surface area contributed by atoms with Gasteiger partial charge < -0.3 is 20.1 Å². The van der Waals surface area contributed by atoms with E-state index in [4.69, 9.17) is 9.84 Å². The van der Waals surface area contributed by atoms with Crippen molar-refractivity contribution in [3.63, 3.8) is 0 Å². The standard InChI is InChI=1S/C19H24N2O3/c22-11-8-15-7-10-21(14-15)19(23)20-9-12-24-18-6-5-16-3-1-2-4-17(16)13-18/h1-6,13,15,22H,7-12,14H2,(H,20,23)/t15-/m1/s1. The first-order valence-electron chi connectivity index (χ1n) is 8.51. The summed E-state index contributed by atoms with van der Waals surface area (Å²) >= 11 is 0. The van der Waals surface area contributed by atoms with Crippen molar-refractivity contribution in [3.8, 4) is 5.75 Å². The summed E-state index contributed by atoms with van der Waals surface area (Å²) in [6, 6.07) is 14.1. The van der Waals surface area contributed by atoms with E-state index in [1.165, 1.54) is 5.39 Å². The fourth-order valence-electron chi connectivity index (χ4n) is 3.13. The fraction of sp³-hybridized carbons (Fsp3) is 0.421. The summed E-state index contributed by atoms with van der Waals surface area (Å²) in [7, 11) is 0. The number of rotatable bonds is 6. The second kappa shape index (κ2) is 8.02. The van der Waals surface area contributed by atoms with Crippen LogP contribution in [-0.2, 0) is 0 Å². The molecule has 1 saturated heterocycles. The number of amides is 2. The molecule has 1 aliphatic rings. The number of aliphatic hydroxyl groups excluding tert-OH is 1. The molecular formula is C19H24N2O3. The maximum absolute atomic E-state index is 12.1. The zero-order chi connectivity index (χ0) is 16.8. The first-order chi connectivity index (χ1) is 11.8. The van der Waals surface area contributed by atoms with Gasteiger partial charge in [0.1, 0.15) is 12.4 Å². The minimum Gasteiger partial charge on any atom is -0.492 e. The van der Waals surface area contributed by atoms with E-state index in [1.54, 1.807) is 0 Å². The number of carbonyl (C=O) groups is 1. The van der Waals surface area contributed by atoms with Gasteiger partial charge in [0.15, 0.2) is 0 Å². The zero-order valence-corrected chi connectivity index (χ0v) is 13.8. The Morgan fingerprint density at radius 1 is 1.25 bits per heavy atom. The molecule has 0 aliphatic carbocycles. The van der Waals surface area contributed by atoms with Crippen LogP contribution in [0.4, 0.5) is 4.79 Å².